The monoisotopic (exact) mass is 446 g/mol. The minimum atomic E-state index is -4.90. The molecule has 158 valence electrons. The average molecular weight is 446 g/mol. The van der Waals surface area contributed by atoms with Crippen molar-refractivity contribution < 1.29 is 12.3 Å². The third-order valence-electron chi connectivity index (χ3n) is 5.72. The predicted molar refractivity (Wildman–Crippen MR) is 120 cm³/mol. The van der Waals surface area contributed by atoms with Crippen molar-refractivity contribution in [2.75, 3.05) is 0 Å². The van der Waals surface area contributed by atoms with Crippen LogP contribution >= 0.6 is 0 Å². The summed E-state index contributed by atoms with van der Waals surface area (Å²) in [6, 6.07) is 12.0. The Kier molecular flexibility index (Phi) is 4.19. The first-order valence-corrected chi connectivity index (χ1v) is 11.0. The molecule has 32 heavy (non-hydrogen) atoms. The van der Waals surface area contributed by atoms with E-state index in [0.717, 1.165) is 17.1 Å². The highest BCUT2D eigenvalue weighted by atomic mass is 32.3. The van der Waals surface area contributed by atoms with Crippen molar-refractivity contribution >= 4 is 43.1 Å². The number of fused-ring (bicyclic) bond motifs is 4. The lowest BCUT2D eigenvalue weighted by molar-refractivity contribution is 0.551. The van der Waals surface area contributed by atoms with E-state index in [2.05, 4.69) is 16.0 Å². The molecule has 0 atom stereocenters. The van der Waals surface area contributed by atoms with E-state index in [1.807, 2.05) is 11.6 Å². The Balaban J connectivity index is 1.85. The van der Waals surface area contributed by atoms with Crippen LogP contribution in [0.2, 0.25) is 0 Å². The molecule has 5 aromatic rings. The zero-order valence-corrected chi connectivity index (χ0v) is 17.8. The van der Waals surface area contributed by atoms with Crippen LogP contribution in [0.25, 0.3) is 44.0 Å². The van der Waals surface area contributed by atoms with E-state index in [1.165, 1.54) is 12.3 Å². The van der Waals surface area contributed by atoms with E-state index in [4.69, 9.17) is 0 Å². The smallest absolute Gasteiger partial charge is 0.333 e. The molecule has 0 bridgehead atoms. The van der Waals surface area contributed by atoms with Crippen molar-refractivity contribution in [3.63, 3.8) is 0 Å². The van der Waals surface area contributed by atoms with Gasteiger partial charge in [0.1, 0.15) is 10.5 Å². The quantitative estimate of drug-likeness (QED) is 0.411. The maximum absolute atomic E-state index is 13.5. The minimum Gasteiger partial charge on any atom is -0.340 e. The number of aryl methyl sites for hydroxylation is 2. The summed E-state index contributed by atoms with van der Waals surface area (Å²) >= 11 is 0. The number of H-pyrrole nitrogens is 1. The molecular formula is C23H15FN4O3S. The number of nitrogens with zero attached hydrogens (tertiary/aromatic N) is 3. The molecule has 0 saturated heterocycles. The molecule has 1 N–H and O–H groups in total. The zero-order chi connectivity index (χ0) is 22.8. The fourth-order valence-electron chi connectivity index (χ4n) is 4.16. The van der Waals surface area contributed by atoms with Crippen LogP contribution < -0.4 is 5.43 Å². The van der Waals surface area contributed by atoms with Gasteiger partial charge in [-0.1, -0.05) is 6.07 Å². The van der Waals surface area contributed by atoms with E-state index in [0.29, 0.717) is 44.1 Å². The maximum atomic E-state index is 13.5. The molecule has 0 amide bonds. The van der Waals surface area contributed by atoms with Crippen LogP contribution in [0.5, 0.6) is 0 Å². The summed E-state index contributed by atoms with van der Waals surface area (Å²) in [6.45, 7) is 1.80. The highest BCUT2D eigenvalue weighted by Crippen LogP contribution is 2.31. The second kappa shape index (κ2) is 6.73. The van der Waals surface area contributed by atoms with E-state index < -0.39 is 15.1 Å². The largest absolute Gasteiger partial charge is 0.340 e. The van der Waals surface area contributed by atoms with Gasteiger partial charge in [-0.25, -0.2) is 0 Å². The highest BCUT2D eigenvalue weighted by molar-refractivity contribution is 7.86. The van der Waals surface area contributed by atoms with Crippen LogP contribution in [0.4, 0.5) is 3.89 Å². The van der Waals surface area contributed by atoms with Gasteiger partial charge in [-0.2, -0.15) is 13.7 Å². The summed E-state index contributed by atoms with van der Waals surface area (Å²) in [6.07, 6.45) is 2.40. The van der Waals surface area contributed by atoms with E-state index in [-0.39, 0.29) is 5.43 Å². The lowest BCUT2D eigenvalue weighted by Gasteiger charge is -2.13. The fraction of sp³-hybridized carbons (Fsp3) is 0.0870. The molecule has 2 aromatic carbocycles. The number of nitrogens with one attached hydrogen (secondary N) is 1. The molecule has 3 aromatic heterocycles. The Labute approximate surface area is 181 Å². The Morgan fingerprint density at radius 3 is 2.62 bits per heavy atom. The van der Waals surface area contributed by atoms with Gasteiger partial charge < -0.3 is 9.55 Å². The SMILES string of the molecule is Cc1cc2c(=O)c3c4ccc(C#N)cc4[nH]c3n(C)c2cc1-c1cncc(S(=O)(=O)F)c1. The van der Waals surface area contributed by atoms with E-state index >= 15 is 0 Å². The Morgan fingerprint density at radius 2 is 1.91 bits per heavy atom. The first-order chi connectivity index (χ1) is 15.2. The van der Waals surface area contributed by atoms with Crippen molar-refractivity contribution in [3.05, 3.63) is 70.1 Å². The average Bonchev–Trinajstić information content (AvgIpc) is 3.16. The molecule has 0 aliphatic carbocycles. The normalized spacial score (nSPS) is 11.9. The van der Waals surface area contributed by atoms with E-state index in [9.17, 15) is 22.4 Å². The van der Waals surface area contributed by atoms with Crippen molar-refractivity contribution in [2.45, 2.75) is 11.8 Å². The van der Waals surface area contributed by atoms with Crippen molar-refractivity contribution in [3.8, 4) is 17.2 Å². The topological polar surface area (TPSA) is 109 Å². The molecule has 5 rings (SSSR count). The number of aromatic amines is 1. The zero-order valence-electron chi connectivity index (χ0n) is 17.0. The van der Waals surface area contributed by atoms with Crippen molar-refractivity contribution in [2.24, 2.45) is 7.05 Å². The number of halogens is 1. The van der Waals surface area contributed by atoms with Crippen LogP contribution in [0.1, 0.15) is 11.1 Å². The van der Waals surface area contributed by atoms with Gasteiger partial charge in [0.25, 0.3) is 0 Å². The summed E-state index contributed by atoms with van der Waals surface area (Å²) < 4.78 is 37.9. The fourth-order valence-corrected chi connectivity index (χ4v) is 4.61. The third kappa shape index (κ3) is 2.88. The van der Waals surface area contributed by atoms with Gasteiger partial charge in [-0.15, -0.1) is 3.89 Å². The van der Waals surface area contributed by atoms with Crippen LogP contribution in [-0.4, -0.2) is 23.0 Å². The molecule has 0 spiro atoms. The van der Waals surface area contributed by atoms with Crippen molar-refractivity contribution in [1.29, 1.82) is 5.26 Å². The molecule has 0 aliphatic rings. The second-order valence-corrected chi connectivity index (χ2v) is 8.99. The maximum Gasteiger partial charge on any atom is 0.333 e. The molecular weight excluding hydrogens is 431 g/mol. The Hall–Kier alpha value is -4.03. The first-order valence-electron chi connectivity index (χ1n) is 9.58. The van der Waals surface area contributed by atoms with Crippen molar-refractivity contribution in [1.82, 2.24) is 14.5 Å². The molecule has 0 fully saturated rings. The first kappa shape index (κ1) is 19.9. The molecule has 0 aliphatic heterocycles. The van der Waals surface area contributed by atoms with Gasteiger partial charge in [0.15, 0.2) is 5.43 Å². The van der Waals surface area contributed by atoms with Crippen LogP contribution in [0.3, 0.4) is 0 Å². The number of benzene rings is 2. The van der Waals surface area contributed by atoms with E-state index in [1.54, 1.807) is 37.3 Å². The number of rotatable bonds is 2. The Morgan fingerprint density at radius 1 is 1.12 bits per heavy atom. The lowest BCUT2D eigenvalue weighted by atomic mass is 9.98. The van der Waals surface area contributed by atoms with Gasteiger partial charge in [-0.05, 0) is 48.4 Å². The van der Waals surface area contributed by atoms with Crippen LogP contribution in [0.15, 0.2) is 58.5 Å². The minimum absolute atomic E-state index is 0.156. The standard InChI is InChI=1S/C23H15FN4O3S/c1-12-5-18-20(8-17(12)14-7-15(11-26-10-14)32(24,30)31)28(2)23-21(22(18)29)16-4-3-13(9-25)6-19(16)27-23/h3-8,10-11,27H,1-2H3. The predicted octanol–water partition coefficient (Wildman–Crippen LogP) is 4.07. The van der Waals surface area contributed by atoms with Crippen LogP contribution in [0, 0.1) is 18.3 Å². The number of nitriles is 1. The molecule has 0 saturated carbocycles. The summed E-state index contributed by atoms with van der Waals surface area (Å²) in [5, 5.41) is 10.9. The van der Waals surface area contributed by atoms with Gasteiger partial charge in [0.05, 0.1) is 22.5 Å². The third-order valence-corrected chi connectivity index (χ3v) is 6.51. The number of hydrogen-bond acceptors (Lipinski definition) is 5. The summed E-state index contributed by atoms with van der Waals surface area (Å²) in [5.74, 6) is 0. The molecule has 7 nitrogen and oxygen atoms in total. The second-order valence-electron chi connectivity index (χ2n) is 7.64. The molecule has 3 heterocycles. The number of pyridine rings is 2. The lowest BCUT2D eigenvalue weighted by Crippen LogP contribution is -2.09. The highest BCUT2D eigenvalue weighted by Gasteiger charge is 2.18. The molecule has 0 unspecified atom stereocenters. The summed E-state index contributed by atoms with van der Waals surface area (Å²) in [5.41, 5.74) is 4.00. The number of aromatic nitrogens is 3. The van der Waals surface area contributed by atoms with Gasteiger partial charge in [0.2, 0.25) is 0 Å². The molecule has 9 heteroatoms. The van der Waals surface area contributed by atoms with Gasteiger partial charge >= 0.3 is 10.2 Å². The summed E-state index contributed by atoms with van der Waals surface area (Å²) in [7, 11) is -3.09. The van der Waals surface area contributed by atoms with Gasteiger partial charge in [0, 0.05) is 41.3 Å². The van der Waals surface area contributed by atoms with Gasteiger partial charge in [-0.3, -0.25) is 9.78 Å². The molecule has 0 radical (unpaired) electrons. The number of hydrogen-bond donors (Lipinski definition) is 1. The van der Waals surface area contributed by atoms with Crippen LogP contribution in [-0.2, 0) is 17.3 Å². The summed E-state index contributed by atoms with van der Waals surface area (Å²) in [4.78, 5) is 20.0. The Bertz CT molecular complexity index is 1810.